The van der Waals surface area contributed by atoms with Crippen LogP contribution >= 0.6 is 0 Å². The number of rotatable bonds is 6. The van der Waals surface area contributed by atoms with Gasteiger partial charge in [0, 0.05) is 12.5 Å². The minimum absolute atomic E-state index is 0.0273. The number of amides is 1. The van der Waals surface area contributed by atoms with Gasteiger partial charge in [-0.05, 0) is 55.2 Å². The van der Waals surface area contributed by atoms with Crippen LogP contribution in [0.4, 0.5) is 13.2 Å². The number of hydrogen-bond donors (Lipinski definition) is 1. The quantitative estimate of drug-likeness (QED) is 0.752. The van der Waals surface area contributed by atoms with Gasteiger partial charge in [-0.2, -0.15) is 13.2 Å². The molecule has 0 spiro atoms. The first kappa shape index (κ1) is 22.1. The van der Waals surface area contributed by atoms with Crippen LogP contribution in [-0.4, -0.2) is 40.7 Å². The molecule has 1 unspecified atom stereocenters. The van der Waals surface area contributed by atoms with Gasteiger partial charge in [-0.3, -0.25) is 4.79 Å². The maximum absolute atomic E-state index is 12.7. The average Bonchev–Trinajstić information content (AvgIpc) is 2.68. The molecule has 2 fully saturated rings. The fraction of sp³-hybridized carbons (Fsp3) is 0.682. The molecule has 7 heteroatoms. The predicted molar refractivity (Wildman–Crippen MR) is 103 cm³/mol. The van der Waals surface area contributed by atoms with Gasteiger partial charge < -0.3 is 14.7 Å². The van der Waals surface area contributed by atoms with Crippen LogP contribution in [0.25, 0.3) is 0 Å². The van der Waals surface area contributed by atoms with Crippen LogP contribution < -0.4 is 0 Å². The van der Waals surface area contributed by atoms with E-state index in [2.05, 4.69) is 0 Å². The number of carbonyl (C=O) groups excluding carboxylic acids is 1. The molecular weight excluding hydrogens is 383 g/mol. The Hall–Kier alpha value is -1.60. The Balaban J connectivity index is 1.58. The number of benzene rings is 1. The summed E-state index contributed by atoms with van der Waals surface area (Å²) < 4.78 is 44.0. The lowest BCUT2D eigenvalue weighted by Gasteiger charge is -2.49. The standard InChI is InChI=1S/C22H30F3NO3/c1-14(2)20(12-27)26-19-9-8-18(11-16(19)5-10-21(26)28)29-13-15-3-6-17(7-4-15)22(23,24)25/h3-4,6-7,14,16,18-20,27H,5,8-13H2,1-2H3/t16-,18-,19?,20-/m1/s1. The van der Waals surface area contributed by atoms with E-state index in [1.54, 1.807) is 0 Å². The lowest BCUT2D eigenvalue weighted by Crippen LogP contribution is -2.58. The van der Waals surface area contributed by atoms with Gasteiger partial charge in [0.25, 0.3) is 0 Å². The second-order valence-corrected chi connectivity index (χ2v) is 8.60. The number of hydrogen-bond acceptors (Lipinski definition) is 3. The highest BCUT2D eigenvalue weighted by Gasteiger charge is 2.43. The summed E-state index contributed by atoms with van der Waals surface area (Å²) in [6.07, 6.45) is -0.485. The molecule has 0 aromatic heterocycles. The summed E-state index contributed by atoms with van der Waals surface area (Å²) in [6, 6.07) is 5.08. The Bertz CT molecular complexity index is 690. The first-order chi connectivity index (χ1) is 13.7. The summed E-state index contributed by atoms with van der Waals surface area (Å²) in [4.78, 5) is 14.5. The van der Waals surface area contributed by atoms with E-state index in [1.807, 2.05) is 18.7 Å². The molecule has 0 radical (unpaired) electrons. The number of nitrogens with zero attached hydrogens (tertiary/aromatic N) is 1. The number of halogens is 3. The molecule has 1 aliphatic carbocycles. The van der Waals surface area contributed by atoms with Gasteiger partial charge in [0.1, 0.15) is 0 Å². The number of aliphatic hydroxyl groups excluding tert-OH is 1. The normalized spacial score (nSPS) is 26.5. The molecule has 162 valence electrons. The summed E-state index contributed by atoms with van der Waals surface area (Å²) in [5.74, 6) is 0.659. The van der Waals surface area contributed by atoms with Crippen molar-refractivity contribution in [2.24, 2.45) is 11.8 Å². The summed E-state index contributed by atoms with van der Waals surface area (Å²) >= 11 is 0. The molecule has 1 amide bonds. The van der Waals surface area contributed by atoms with Crippen molar-refractivity contribution >= 4 is 5.91 Å². The van der Waals surface area contributed by atoms with E-state index in [1.165, 1.54) is 12.1 Å². The molecule has 1 saturated carbocycles. The molecule has 1 saturated heterocycles. The molecule has 3 rings (SSSR count). The van der Waals surface area contributed by atoms with Gasteiger partial charge in [-0.15, -0.1) is 0 Å². The third-order valence-corrected chi connectivity index (χ3v) is 6.35. The van der Waals surface area contributed by atoms with Crippen LogP contribution in [0.5, 0.6) is 0 Å². The van der Waals surface area contributed by atoms with E-state index in [0.29, 0.717) is 12.3 Å². The van der Waals surface area contributed by atoms with E-state index in [0.717, 1.165) is 43.4 Å². The van der Waals surface area contributed by atoms with E-state index < -0.39 is 11.7 Å². The fourth-order valence-electron chi connectivity index (χ4n) is 4.71. The number of piperidine rings is 1. The number of fused-ring (bicyclic) bond motifs is 1. The van der Waals surface area contributed by atoms with Crippen LogP contribution in [-0.2, 0) is 22.3 Å². The molecule has 1 aromatic rings. The summed E-state index contributed by atoms with van der Waals surface area (Å²) in [5.41, 5.74) is 0.0676. The Morgan fingerprint density at radius 3 is 2.45 bits per heavy atom. The minimum Gasteiger partial charge on any atom is -0.394 e. The highest BCUT2D eigenvalue weighted by Crippen LogP contribution is 2.39. The SMILES string of the molecule is CC(C)[C@@H](CO)N1C(=O)CC[C@@H]2C[C@H](OCc3ccc(C(F)(F)F)cc3)CCC21. The Morgan fingerprint density at radius 1 is 1.17 bits per heavy atom. The summed E-state index contributed by atoms with van der Waals surface area (Å²) in [6.45, 7) is 4.31. The highest BCUT2D eigenvalue weighted by molar-refractivity contribution is 5.78. The van der Waals surface area contributed by atoms with E-state index in [4.69, 9.17) is 4.74 Å². The zero-order valence-electron chi connectivity index (χ0n) is 17.0. The third kappa shape index (κ3) is 5.12. The van der Waals surface area contributed by atoms with Crippen LogP contribution in [0.3, 0.4) is 0 Å². The van der Waals surface area contributed by atoms with Crippen molar-refractivity contribution in [3.05, 3.63) is 35.4 Å². The van der Waals surface area contributed by atoms with Gasteiger partial charge in [0.2, 0.25) is 5.91 Å². The zero-order valence-corrected chi connectivity index (χ0v) is 17.0. The fourth-order valence-corrected chi connectivity index (χ4v) is 4.71. The van der Waals surface area contributed by atoms with Crippen LogP contribution in [0, 0.1) is 11.8 Å². The van der Waals surface area contributed by atoms with Gasteiger partial charge in [-0.1, -0.05) is 26.0 Å². The summed E-state index contributed by atoms with van der Waals surface area (Å²) in [5, 5.41) is 9.80. The molecule has 2 aliphatic rings. The first-order valence-electron chi connectivity index (χ1n) is 10.4. The number of ether oxygens (including phenoxy) is 1. The third-order valence-electron chi connectivity index (χ3n) is 6.35. The topological polar surface area (TPSA) is 49.8 Å². The molecule has 1 N–H and O–H groups in total. The number of carbonyl (C=O) groups is 1. The van der Waals surface area contributed by atoms with Crippen molar-refractivity contribution in [2.45, 2.75) is 76.9 Å². The van der Waals surface area contributed by atoms with Crippen molar-refractivity contribution in [1.82, 2.24) is 4.90 Å². The lowest BCUT2D eigenvalue weighted by molar-refractivity contribution is -0.149. The number of aliphatic hydroxyl groups is 1. The Kier molecular flexibility index (Phi) is 6.89. The van der Waals surface area contributed by atoms with E-state index in [-0.39, 0.29) is 43.2 Å². The number of likely N-dealkylation sites (tertiary alicyclic amines) is 1. The highest BCUT2D eigenvalue weighted by atomic mass is 19.4. The van der Waals surface area contributed by atoms with Gasteiger partial charge >= 0.3 is 6.18 Å². The smallest absolute Gasteiger partial charge is 0.394 e. The van der Waals surface area contributed by atoms with Crippen molar-refractivity contribution in [3.63, 3.8) is 0 Å². The molecule has 1 aliphatic heterocycles. The molecule has 0 bridgehead atoms. The molecule has 1 aromatic carbocycles. The maximum atomic E-state index is 12.7. The Labute approximate surface area is 170 Å². The number of alkyl halides is 3. The second-order valence-electron chi connectivity index (χ2n) is 8.60. The van der Waals surface area contributed by atoms with Crippen molar-refractivity contribution in [2.75, 3.05) is 6.61 Å². The van der Waals surface area contributed by atoms with Crippen LogP contribution in [0.15, 0.2) is 24.3 Å². The van der Waals surface area contributed by atoms with E-state index in [9.17, 15) is 23.1 Å². The Morgan fingerprint density at radius 2 is 1.86 bits per heavy atom. The van der Waals surface area contributed by atoms with Crippen molar-refractivity contribution < 1.29 is 27.8 Å². The molecule has 1 heterocycles. The minimum atomic E-state index is -4.33. The maximum Gasteiger partial charge on any atom is 0.416 e. The molecular formula is C22H30F3NO3. The van der Waals surface area contributed by atoms with Gasteiger partial charge in [-0.25, -0.2) is 0 Å². The lowest BCUT2D eigenvalue weighted by atomic mass is 9.75. The summed E-state index contributed by atoms with van der Waals surface area (Å²) in [7, 11) is 0. The van der Waals surface area contributed by atoms with Gasteiger partial charge in [0.05, 0.1) is 30.9 Å². The molecule has 4 atom stereocenters. The van der Waals surface area contributed by atoms with Crippen LogP contribution in [0.1, 0.15) is 57.1 Å². The van der Waals surface area contributed by atoms with Crippen molar-refractivity contribution in [3.8, 4) is 0 Å². The van der Waals surface area contributed by atoms with Crippen LogP contribution in [0.2, 0.25) is 0 Å². The van der Waals surface area contributed by atoms with Crippen molar-refractivity contribution in [1.29, 1.82) is 0 Å². The van der Waals surface area contributed by atoms with Gasteiger partial charge in [0.15, 0.2) is 0 Å². The average molecular weight is 413 g/mol. The first-order valence-corrected chi connectivity index (χ1v) is 10.4. The van der Waals surface area contributed by atoms with E-state index >= 15 is 0 Å². The predicted octanol–water partition coefficient (Wildman–Crippen LogP) is 4.40. The largest absolute Gasteiger partial charge is 0.416 e. The molecule has 29 heavy (non-hydrogen) atoms. The second kappa shape index (κ2) is 9.04. The zero-order chi connectivity index (χ0) is 21.2. The monoisotopic (exact) mass is 413 g/mol. The molecule has 4 nitrogen and oxygen atoms in total.